The number of aromatic nitrogens is 5. The average Bonchev–Trinajstić information content (AvgIpc) is 3.23. The molecule has 2 heterocycles. The third-order valence-electron chi connectivity index (χ3n) is 4.35. The number of aryl methyl sites for hydroxylation is 1. The van der Waals surface area contributed by atoms with E-state index in [1.807, 2.05) is 0 Å². The minimum atomic E-state index is -0.928. The van der Waals surface area contributed by atoms with E-state index >= 15 is 0 Å². The quantitative estimate of drug-likeness (QED) is 0.176. The number of nitrogens with zero attached hydrogens (tertiary/aromatic N) is 5. The van der Waals surface area contributed by atoms with Gasteiger partial charge < -0.3 is 14.2 Å². The van der Waals surface area contributed by atoms with Gasteiger partial charge in [0, 0.05) is 25.7 Å². The predicted molar refractivity (Wildman–Crippen MR) is 117 cm³/mol. The summed E-state index contributed by atoms with van der Waals surface area (Å²) in [6.07, 6.45) is 4.82. The second-order valence-electron chi connectivity index (χ2n) is 6.91. The molecule has 0 spiro atoms. The molecule has 2 aromatic heterocycles. The lowest BCUT2D eigenvalue weighted by Gasteiger charge is -2.11. The Morgan fingerprint density at radius 3 is 2.47 bits per heavy atom. The summed E-state index contributed by atoms with van der Waals surface area (Å²) in [5.74, 6) is -2.11. The molecule has 0 bridgehead atoms. The third kappa shape index (κ3) is 7.53. The Morgan fingerprint density at radius 2 is 1.79 bits per heavy atom. The zero-order chi connectivity index (χ0) is 25.1. The number of rotatable bonds is 12. The van der Waals surface area contributed by atoms with Gasteiger partial charge in [-0.25, -0.2) is 14.4 Å². The van der Waals surface area contributed by atoms with Gasteiger partial charge in [-0.1, -0.05) is 5.21 Å². The summed E-state index contributed by atoms with van der Waals surface area (Å²) in [4.78, 5) is 60.5. The summed E-state index contributed by atoms with van der Waals surface area (Å²) in [6.45, 7) is 5.18. The fourth-order valence-corrected chi connectivity index (χ4v) is 2.85. The maximum Gasteiger partial charge on any atom is 0.355 e. The minimum Gasteiger partial charge on any atom is -0.466 e. The van der Waals surface area contributed by atoms with E-state index in [-0.39, 0.29) is 25.7 Å². The fraction of sp³-hybridized carbons (Fsp3) is 0.476. The summed E-state index contributed by atoms with van der Waals surface area (Å²) in [6, 6.07) is 1.08. The highest BCUT2D eigenvalue weighted by molar-refractivity contribution is 6.14. The highest BCUT2D eigenvalue weighted by Crippen LogP contribution is 2.06. The zero-order valence-corrected chi connectivity index (χ0v) is 19.3. The van der Waals surface area contributed by atoms with Crippen LogP contribution in [0.4, 0.5) is 0 Å². The first kappa shape index (κ1) is 26.2. The van der Waals surface area contributed by atoms with Crippen molar-refractivity contribution in [1.29, 1.82) is 0 Å². The summed E-state index contributed by atoms with van der Waals surface area (Å²) in [7, 11) is 0. The zero-order valence-electron chi connectivity index (χ0n) is 19.3. The molecule has 13 nitrogen and oxygen atoms in total. The Morgan fingerprint density at radius 1 is 1.06 bits per heavy atom. The summed E-state index contributed by atoms with van der Waals surface area (Å²) in [5, 5.41) is 7.93. The number of ether oxygens (including phenoxy) is 3. The van der Waals surface area contributed by atoms with Crippen LogP contribution in [0.5, 0.6) is 0 Å². The molecule has 13 heteroatoms. The smallest absolute Gasteiger partial charge is 0.355 e. The molecule has 0 fully saturated rings. The van der Waals surface area contributed by atoms with Crippen molar-refractivity contribution in [2.45, 2.75) is 46.7 Å². The van der Waals surface area contributed by atoms with Gasteiger partial charge in [0.25, 0.3) is 5.56 Å². The number of hydrogen-bond acceptors (Lipinski definition) is 10. The van der Waals surface area contributed by atoms with Crippen LogP contribution in [-0.2, 0) is 41.7 Å². The van der Waals surface area contributed by atoms with Crippen molar-refractivity contribution in [2.75, 3.05) is 19.8 Å². The van der Waals surface area contributed by atoms with Crippen molar-refractivity contribution in [3.8, 4) is 0 Å². The van der Waals surface area contributed by atoms with E-state index in [0.717, 1.165) is 27.5 Å². The van der Waals surface area contributed by atoms with Crippen LogP contribution in [0.1, 0.15) is 39.3 Å². The Balaban J connectivity index is 2.25. The molecular weight excluding hydrogens is 450 g/mol. The van der Waals surface area contributed by atoms with Crippen LogP contribution in [-0.4, -0.2) is 61.9 Å². The van der Waals surface area contributed by atoms with Gasteiger partial charge in [0.2, 0.25) is 0 Å². The molecule has 0 radical (unpaired) electrons. The van der Waals surface area contributed by atoms with Crippen LogP contribution in [0.15, 0.2) is 34.1 Å². The van der Waals surface area contributed by atoms with Gasteiger partial charge in [-0.3, -0.25) is 23.4 Å². The van der Waals surface area contributed by atoms with Crippen LogP contribution >= 0.6 is 0 Å². The fourth-order valence-electron chi connectivity index (χ4n) is 2.85. The van der Waals surface area contributed by atoms with E-state index in [0.29, 0.717) is 31.7 Å². The molecule has 0 aliphatic heterocycles. The lowest BCUT2D eigenvalue weighted by atomic mass is 10.3. The highest BCUT2D eigenvalue weighted by Gasteiger charge is 2.19. The number of unbranched alkanes of at least 4 members (excludes halogenated alkanes) is 1. The van der Waals surface area contributed by atoms with Crippen LogP contribution in [0.3, 0.4) is 0 Å². The largest absolute Gasteiger partial charge is 0.466 e. The molecule has 0 unspecified atom stereocenters. The Bertz CT molecular complexity index is 1160. The van der Waals surface area contributed by atoms with Gasteiger partial charge in [-0.15, -0.1) is 5.10 Å². The molecular formula is C21H27N5O8. The lowest BCUT2D eigenvalue weighted by molar-refractivity contribution is -0.141. The van der Waals surface area contributed by atoms with Crippen LogP contribution < -0.4 is 11.2 Å². The van der Waals surface area contributed by atoms with Crippen molar-refractivity contribution >= 4 is 23.6 Å². The monoisotopic (exact) mass is 477 g/mol. The maximum absolute atomic E-state index is 13.0. The number of hydrogen-bond donors (Lipinski definition) is 0. The number of carbonyl (C=O) groups excluding carboxylic acids is 3. The molecule has 184 valence electrons. The van der Waals surface area contributed by atoms with E-state index in [1.165, 1.54) is 6.92 Å². The molecule has 0 aliphatic rings. The Kier molecular flexibility index (Phi) is 9.92. The highest BCUT2D eigenvalue weighted by atomic mass is 16.5. The van der Waals surface area contributed by atoms with Gasteiger partial charge in [0.05, 0.1) is 38.6 Å². The molecule has 0 N–H and O–H groups in total. The van der Waals surface area contributed by atoms with Crippen molar-refractivity contribution in [2.24, 2.45) is 0 Å². The maximum atomic E-state index is 13.0. The van der Waals surface area contributed by atoms with Crippen LogP contribution in [0.2, 0.25) is 0 Å². The van der Waals surface area contributed by atoms with Gasteiger partial charge >= 0.3 is 23.6 Å². The standard InChI is InChI=1S/C21H27N5O8/c1-4-32-19(29)12-17(20(30)33-5-2)25-10-8-18(28)26(21(25)31)14-16-13-24(23-22-16)9-6-7-11-34-15(3)27/h8,10,12-13H,4-7,9,11,14H2,1-3H3/b17-12+. The average molecular weight is 477 g/mol. The second kappa shape index (κ2) is 12.9. The molecule has 34 heavy (non-hydrogen) atoms. The topological polar surface area (TPSA) is 154 Å². The lowest BCUT2D eigenvalue weighted by Crippen LogP contribution is -2.40. The van der Waals surface area contributed by atoms with Crippen molar-refractivity contribution in [1.82, 2.24) is 24.1 Å². The van der Waals surface area contributed by atoms with Crippen LogP contribution in [0.25, 0.3) is 5.70 Å². The van der Waals surface area contributed by atoms with Gasteiger partial charge in [0.15, 0.2) is 0 Å². The van der Waals surface area contributed by atoms with E-state index in [4.69, 9.17) is 14.2 Å². The molecule has 2 aromatic rings. The molecule has 0 amide bonds. The summed E-state index contributed by atoms with van der Waals surface area (Å²) >= 11 is 0. The first-order valence-electron chi connectivity index (χ1n) is 10.7. The third-order valence-corrected chi connectivity index (χ3v) is 4.35. The van der Waals surface area contributed by atoms with Crippen molar-refractivity contribution in [3.05, 3.63) is 51.1 Å². The van der Waals surface area contributed by atoms with Crippen LogP contribution in [0, 0.1) is 0 Å². The predicted octanol–water partition coefficient (Wildman–Crippen LogP) is -0.0398. The van der Waals surface area contributed by atoms with Crippen molar-refractivity contribution < 1.29 is 28.6 Å². The van der Waals surface area contributed by atoms with Gasteiger partial charge in [-0.05, 0) is 26.7 Å². The Hall–Kier alpha value is -4.03. The SMILES string of the molecule is CCOC(=O)/C=C(\C(=O)OCC)n1ccc(=O)n(Cc2cn(CCCCOC(C)=O)nn2)c1=O. The van der Waals surface area contributed by atoms with E-state index < -0.39 is 28.9 Å². The van der Waals surface area contributed by atoms with E-state index in [1.54, 1.807) is 24.7 Å². The number of esters is 3. The molecule has 0 aromatic carbocycles. The second-order valence-corrected chi connectivity index (χ2v) is 6.91. The van der Waals surface area contributed by atoms with E-state index in [9.17, 15) is 24.0 Å². The Labute approximate surface area is 194 Å². The van der Waals surface area contributed by atoms with Gasteiger partial charge in [0.1, 0.15) is 11.4 Å². The molecule has 0 saturated heterocycles. The molecule has 2 rings (SSSR count). The summed E-state index contributed by atoms with van der Waals surface area (Å²) in [5.41, 5.74) is -1.55. The number of carbonyl (C=O) groups is 3. The summed E-state index contributed by atoms with van der Waals surface area (Å²) < 4.78 is 17.9. The molecule has 0 aliphatic carbocycles. The first-order chi connectivity index (χ1) is 16.3. The molecule has 0 atom stereocenters. The minimum absolute atomic E-state index is 0.0113. The molecule has 0 saturated carbocycles. The normalized spacial score (nSPS) is 11.2. The van der Waals surface area contributed by atoms with E-state index in [2.05, 4.69) is 10.3 Å². The van der Waals surface area contributed by atoms with Gasteiger partial charge in [-0.2, -0.15) is 0 Å². The van der Waals surface area contributed by atoms with Crippen molar-refractivity contribution in [3.63, 3.8) is 0 Å². The first-order valence-corrected chi connectivity index (χ1v) is 10.7.